The second-order valence-corrected chi connectivity index (χ2v) is 2.95. The molecular weight excluding hydrogens is 216 g/mol. The lowest BCUT2D eigenvalue weighted by Gasteiger charge is -2.10. The quantitative estimate of drug-likeness (QED) is 0.764. The standard InChI is InChI=1S/C10H14N2O2.ClH/c1-14-12-10(13)7-9(11)8-5-3-2-4-6-8;/h2-6,9H,7,11H2,1H3,(H,12,13);1H. The number of carbonyl (C=O) groups excluding carboxylic acids is 1. The maximum Gasteiger partial charge on any atom is 0.245 e. The van der Waals surface area contributed by atoms with Gasteiger partial charge in [0.2, 0.25) is 5.91 Å². The molecule has 84 valence electrons. The Hall–Kier alpha value is -1.10. The van der Waals surface area contributed by atoms with Crippen LogP contribution >= 0.6 is 12.4 Å². The third-order valence-electron chi connectivity index (χ3n) is 1.85. The van der Waals surface area contributed by atoms with E-state index in [0.717, 1.165) is 5.56 Å². The topological polar surface area (TPSA) is 64.3 Å². The van der Waals surface area contributed by atoms with Gasteiger partial charge in [0.1, 0.15) is 0 Å². The van der Waals surface area contributed by atoms with E-state index in [0.29, 0.717) is 0 Å². The van der Waals surface area contributed by atoms with Crippen molar-refractivity contribution in [3.8, 4) is 0 Å². The molecule has 0 saturated heterocycles. The Morgan fingerprint density at radius 2 is 2.07 bits per heavy atom. The Kier molecular flexibility index (Phi) is 6.70. The molecule has 1 aromatic rings. The smallest absolute Gasteiger partial charge is 0.245 e. The molecule has 0 aliphatic carbocycles. The lowest BCUT2D eigenvalue weighted by atomic mass is 10.1. The SMILES string of the molecule is CONC(=O)CC(N)c1ccccc1.Cl. The summed E-state index contributed by atoms with van der Waals surface area (Å²) in [6.45, 7) is 0. The molecule has 1 rings (SSSR count). The van der Waals surface area contributed by atoms with Gasteiger partial charge in [0.05, 0.1) is 7.11 Å². The van der Waals surface area contributed by atoms with Crippen LogP contribution in [-0.2, 0) is 9.63 Å². The maximum absolute atomic E-state index is 11.1. The lowest BCUT2D eigenvalue weighted by Crippen LogP contribution is -2.26. The number of halogens is 1. The van der Waals surface area contributed by atoms with E-state index in [2.05, 4.69) is 10.3 Å². The fourth-order valence-corrected chi connectivity index (χ4v) is 1.17. The van der Waals surface area contributed by atoms with Crippen molar-refractivity contribution in [1.29, 1.82) is 0 Å². The number of carbonyl (C=O) groups is 1. The molecule has 1 aromatic carbocycles. The van der Waals surface area contributed by atoms with Crippen molar-refractivity contribution in [1.82, 2.24) is 5.48 Å². The van der Waals surface area contributed by atoms with E-state index in [4.69, 9.17) is 5.73 Å². The monoisotopic (exact) mass is 230 g/mol. The Bertz CT molecular complexity index is 293. The molecule has 0 spiro atoms. The third kappa shape index (κ3) is 4.78. The molecule has 0 fully saturated rings. The number of hydrogen-bond acceptors (Lipinski definition) is 3. The number of benzene rings is 1. The number of hydroxylamine groups is 1. The van der Waals surface area contributed by atoms with Gasteiger partial charge >= 0.3 is 0 Å². The van der Waals surface area contributed by atoms with E-state index in [1.54, 1.807) is 0 Å². The van der Waals surface area contributed by atoms with Crippen LogP contribution in [0.3, 0.4) is 0 Å². The first kappa shape index (κ1) is 13.9. The van der Waals surface area contributed by atoms with Crippen molar-refractivity contribution in [2.45, 2.75) is 12.5 Å². The van der Waals surface area contributed by atoms with Gasteiger partial charge in [0.25, 0.3) is 0 Å². The van der Waals surface area contributed by atoms with Crippen LogP contribution in [-0.4, -0.2) is 13.0 Å². The summed E-state index contributed by atoms with van der Waals surface area (Å²) in [4.78, 5) is 15.6. The molecule has 0 heterocycles. The summed E-state index contributed by atoms with van der Waals surface area (Å²) < 4.78 is 0. The van der Waals surface area contributed by atoms with Crippen molar-refractivity contribution in [3.05, 3.63) is 35.9 Å². The zero-order chi connectivity index (χ0) is 10.4. The lowest BCUT2D eigenvalue weighted by molar-refractivity contribution is -0.131. The summed E-state index contributed by atoms with van der Waals surface area (Å²) in [5, 5.41) is 0. The molecule has 0 radical (unpaired) electrons. The third-order valence-corrected chi connectivity index (χ3v) is 1.85. The predicted octanol–water partition coefficient (Wildman–Crippen LogP) is 1.18. The molecule has 1 amide bonds. The number of nitrogens with two attached hydrogens (primary N) is 1. The summed E-state index contributed by atoms with van der Waals surface area (Å²) in [6, 6.07) is 9.19. The van der Waals surface area contributed by atoms with Crippen LogP contribution < -0.4 is 11.2 Å². The second-order valence-electron chi connectivity index (χ2n) is 2.95. The summed E-state index contributed by atoms with van der Waals surface area (Å²) in [6.07, 6.45) is 0.220. The Balaban J connectivity index is 0.00000196. The number of hydrogen-bond donors (Lipinski definition) is 2. The minimum Gasteiger partial charge on any atom is -0.324 e. The Morgan fingerprint density at radius 3 is 2.60 bits per heavy atom. The van der Waals surface area contributed by atoms with Crippen molar-refractivity contribution in [2.75, 3.05) is 7.11 Å². The van der Waals surface area contributed by atoms with Crippen LogP contribution in [0.15, 0.2) is 30.3 Å². The number of nitrogens with one attached hydrogen (secondary N) is 1. The second kappa shape index (κ2) is 7.23. The zero-order valence-electron chi connectivity index (χ0n) is 8.47. The summed E-state index contributed by atoms with van der Waals surface area (Å²) in [5.74, 6) is -0.219. The Morgan fingerprint density at radius 1 is 1.47 bits per heavy atom. The van der Waals surface area contributed by atoms with Gasteiger partial charge in [-0.25, -0.2) is 5.48 Å². The molecule has 4 nitrogen and oxygen atoms in total. The molecule has 1 atom stereocenters. The molecule has 5 heteroatoms. The van der Waals surface area contributed by atoms with E-state index >= 15 is 0 Å². The van der Waals surface area contributed by atoms with Crippen LogP contribution in [0, 0.1) is 0 Å². The van der Waals surface area contributed by atoms with Crippen LogP contribution in [0.25, 0.3) is 0 Å². The molecular formula is C10H15ClN2O2. The van der Waals surface area contributed by atoms with Crippen molar-refractivity contribution in [2.24, 2.45) is 5.73 Å². The zero-order valence-corrected chi connectivity index (χ0v) is 9.29. The van der Waals surface area contributed by atoms with Crippen molar-refractivity contribution in [3.63, 3.8) is 0 Å². The van der Waals surface area contributed by atoms with Crippen LogP contribution in [0.4, 0.5) is 0 Å². The molecule has 0 bridgehead atoms. The normalized spacial score (nSPS) is 11.3. The average molecular weight is 231 g/mol. The fourth-order valence-electron chi connectivity index (χ4n) is 1.17. The maximum atomic E-state index is 11.1. The van der Waals surface area contributed by atoms with Gasteiger partial charge in [-0.2, -0.15) is 0 Å². The number of amides is 1. The predicted molar refractivity (Wildman–Crippen MR) is 60.4 cm³/mol. The molecule has 3 N–H and O–H groups in total. The van der Waals surface area contributed by atoms with Crippen LogP contribution in [0.5, 0.6) is 0 Å². The fraction of sp³-hybridized carbons (Fsp3) is 0.300. The largest absolute Gasteiger partial charge is 0.324 e. The van der Waals surface area contributed by atoms with Gasteiger partial charge in [-0.05, 0) is 5.56 Å². The first-order valence-electron chi connectivity index (χ1n) is 4.36. The molecule has 0 aliphatic heterocycles. The summed E-state index contributed by atoms with van der Waals surface area (Å²) >= 11 is 0. The first-order valence-corrected chi connectivity index (χ1v) is 4.36. The Labute approximate surface area is 95.2 Å². The highest BCUT2D eigenvalue weighted by atomic mass is 35.5. The van der Waals surface area contributed by atoms with E-state index < -0.39 is 0 Å². The van der Waals surface area contributed by atoms with E-state index in [-0.39, 0.29) is 30.8 Å². The van der Waals surface area contributed by atoms with E-state index in [9.17, 15) is 4.79 Å². The molecule has 0 saturated carbocycles. The first-order chi connectivity index (χ1) is 6.74. The van der Waals surface area contributed by atoms with Gasteiger partial charge in [-0.15, -0.1) is 12.4 Å². The van der Waals surface area contributed by atoms with Crippen molar-refractivity contribution < 1.29 is 9.63 Å². The summed E-state index contributed by atoms with van der Waals surface area (Å²) in [5.41, 5.74) is 8.98. The van der Waals surface area contributed by atoms with Gasteiger partial charge in [-0.3, -0.25) is 9.63 Å². The van der Waals surface area contributed by atoms with Gasteiger partial charge < -0.3 is 5.73 Å². The van der Waals surface area contributed by atoms with Crippen molar-refractivity contribution >= 4 is 18.3 Å². The van der Waals surface area contributed by atoms with Gasteiger partial charge in [0.15, 0.2) is 0 Å². The van der Waals surface area contributed by atoms with Crippen LogP contribution in [0.2, 0.25) is 0 Å². The summed E-state index contributed by atoms with van der Waals surface area (Å²) in [7, 11) is 1.39. The minimum absolute atomic E-state index is 0. The number of rotatable bonds is 4. The highest BCUT2D eigenvalue weighted by Gasteiger charge is 2.10. The van der Waals surface area contributed by atoms with Gasteiger partial charge in [0, 0.05) is 12.5 Å². The van der Waals surface area contributed by atoms with E-state index in [1.165, 1.54) is 7.11 Å². The van der Waals surface area contributed by atoms with Crippen LogP contribution in [0.1, 0.15) is 18.0 Å². The van der Waals surface area contributed by atoms with E-state index in [1.807, 2.05) is 30.3 Å². The van der Waals surface area contributed by atoms with Gasteiger partial charge in [-0.1, -0.05) is 30.3 Å². The minimum atomic E-state index is -0.286. The molecule has 0 aliphatic rings. The molecule has 15 heavy (non-hydrogen) atoms. The average Bonchev–Trinajstić information content (AvgIpc) is 2.19. The molecule has 0 aromatic heterocycles. The molecule has 1 unspecified atom stereocenters. The highest BCUT2D eigenvalue weighted by Crippen LogP contribution is 2.12. The highest BCUT2D eigenvalue weighted by molar-refractivity contribution is 5.85.